The fourth-order valence-corrected chi connectivity index (χ4v) is 2.54. The second-order valence-electron chi connectivity index (χ2n) is 6.00. The van der Waals surface area contributed by atoms with Crippen LogP contribution in [-0.4, -0.2) is 34.3 Å². The first-order valence-electron chi connectivity index (χ1n) is 8.47. The van der Waals surface area contributed by atoms with Crippen molar-refractivity contribution in [3.05, 3.63) is 52.6 Å². The van der Waals surface area contributed by atoms with E-state index in [0.717, 1.165) is 6.42 Å². The summed E-state index contributed by atoms with van der Waals surface area (Å²) in [5, 5.41) is 7.28. The number of rotatable bonds is 7. The van der Waals surface area contributed by atoms with Crippen LogP contribution in [0.4, 0.5) is 4.39 Å². The van der Waals surface area contributed by atoms with Gasteiger partial charge in [-0.15, -0.1) is 0 Å². The van der Waals surface area contributed by atoms with Crippen molar-refractivity contribution in [2.24, 2.45) is 0 Å². The molecule has 6 nitrogen and oxygen atoms in total. The third kappa shape index (κ3) is 5.65. The summed E-state index contributed by atoms with van der Waals surface area (Å²) in [6.07, 6.45) is 3.44. The number of benzene rings is 1. The van der Waals surface area contributed by atoms with Gasteiger partial charge in [-0.05, 0) is 50.6 Å². The first-order valence-corrected chi connectivity index (χ1v) is 8.84. The number of carbonyl (C=O) groups is 2. The van der Waals surface area contributed by atoms with E-state index in [9.17, 15) is 14.0 Å². The molecule has 1 atom stereocenters. The van der Waals surface area contributed by atoms with Gasteiger partial charge in [0.1, 0.15) is 11.0 Å². The molecule has 8 heteroatoms. The summed E-state index contributed by atoms with van der Waals surface area (Å²) in [4.78, 5) is 23.4. The minimum atomic E-state index is -0.667. The van der Waals surface area contributed by atoms with Gasteiger partial charge in [0.15, 0.2) is 6.61 Å². The maximum Gasteiger partial charge on any atom is 0.331 e. The number of hydrogen-bond donors (Lipinski definition) is 1. The molecule has 2 rings (SSSR count). The predicted octanol–water partition coefficient (Wildman–Crippen LogP) is 3.44. The Balaban J connectivity index is 2.03. The molecule has 0 spiro atoms. The first-order chi connectivity index (χ1) is 12.8. The van der Waals surface area contributed by atoms with Crippen molar-refractivity contribution in [3.8, 4) is 5.69 Å². The Morgan fingerprint density at radius 2 is 2.04 bits per heavy atom. The second kappa shape index (κ2) is 9.32. The molecular weight excluding hydrogens is 373 g/mol. The Hall–Kier alpha value is -2.67. The maximum absolute atomic E-state index is 13.1. The van der Waals surface area contributed by atoms with Gasteiger partial charge in [-0.25, -0.2) is 13.9 Å². The number of aryl methyl sites for hydroxylation is 1. The van der Waals surface area contributed by atoms with E-state index in [1.807, 2.05) is 13.8 Å². The molecule has 1 amide bonds. The number of amides is 1. The zero-order valence-electron chi connectivity index (χ0n) is 15.3. The van der Waals surface area contributed by atoms with Gasteiger partial charge in [0.2, 0.25) is 0 Å². The normalized spacial score (nSPS) is 12.2. The SMILES string of the molecule is CC[C@@H](C)NC(=O)COC(=O)/C=C/c1c(C)nn(-c2ccc(F)cc2)c1Cl. The number of hydrogen-bond acceptors (Lipinski definition) is 4. The van der Waals surface area contributed by atoms with Crippen LogP contribution in [0.3, 0.4) is 0 Å². The van der Waals surface area contributed by atoms with Crippen molar-refractivity contribution in [1.82, 2.24) is 15.1 Å². The standard InChI is InChI=1S/C19H21ClFN3O3/c1-4-12(2)22-17(25)11-27-18(26)10-9-16-13(3)23-24(19(16)20)15-7-5-14(21)6-8-15/h5-10,12H,4,11H2,1-3H3,(H,22,25)/b10-9+/t12-/m1/s1. The third-order valence-corrected chi connectivity index (χ3v) is 4.23. The molecule has 0 saturated heterocycles. The molecule has 0 fully saturated rings. The summed E-state index contributed by atoms with van der Waals surface area (Å²) in [7, 11) is 0. The molecule has 1 aromatic carbocycles. The summed E-state index contributed by atoms with van der Waals surface area (Å²) in [6.45, 7) is 5.19. The predicted molar refractivity (Wildman–Crippen MR) is 101 cm³/mol. The van der Waals surface area contributed by atoms with E-state index in [2.05, 4.69) is 10.4 Å². The molecule has 0 saturated carbocycles. The second-order valence-corrected chi connectivity index (χ2v) is 6.35. The number of nitrogens with one attached hydrogen (secondary N) is 1. The minimum Gasteiger partial charge on any atom is -0.452 e. The van der Waals surface area contributed by atoms with Crippen LogP contribution in [0.15, 0.2) is 30.3 Å². The quantitative estimate of drug-likeness (QED) is 0.577. The molecule has 1 aromatic heterocycles. The highest BCUT2D eigenvalue weighted by atomic mass is 35.5. The van der Waals surface area contributed by atoms with Gasteiger partial charge in [-0.1, -0.05) is 18.5 Å². The average molecular weight is 394 g/mol. The summed E-state index contributed by atoms with van der Waals surface area (Å²) in [5.74, 6) is -1.39. The molecular formula is C19H21ClFN3O3. The number of nitrogens with zero attached hydrogens (tertiary/aromatic N) is 2. The summed E-state index contributed by atoms with van der Waals surface area (Å²) < 4.78 is 19.4. The number of ether oxygens (including phenoxy) is 1. The Labute approximate surface area is 162 Å². The fourth-order valence-electron chi connectivity index (χ4n) is 2.21. The van der Waals surface area contributed by atoms with Gasteiger partial charge >= 0.3 is 5.97 Å². The first kappa shape index (κ1) is 20.6. The van der Waals surface area contributed by atoms with Crippen LogP contribution in [0.2, 0.25) is 5.15 Å². The number of halogens is 2. The number of esters is 1. The van der Waals surface area contributed by atoms with Crippen LogP contribution in [0.5, 0.6) is 0 Å². The third-order valence-electron chi connectivity index (χ3n) is 3.87. The Morgan fingerprint density at radius 3 is 2.67 bits per heavy atom. The van der Waals surface area contributed by atoms with Crippen molar-refractivity contribution < 1.29 is 18.7 Å². The number of aromatic nitrogens is 2. The zero-order valence-corrected chi connectivity index (χ0v) is 16.1. The molecule has 0 bridgehead atoms. The Bertz CT molecular complexity index is 847. The molecule has 2 aromatic rings. The fraction of sp³-hybridized carbons (Fsp3) is 0.316. The van der Waals surface area contributed by atoms with E-state index in [1.165, 1.54) is 29.0 Å². The molecule has 0 aliphatic rings. The lowest BCUT2D eigenvalue weighted by Gasteiger charge is -2.10. The summed E-state index contributed by atoms with van der Waals surface area (Å²) >= 11 is 6.33. The molecule has 27 heavy (non-hydrogen) atoms. The largest absolute Gasteiger partial charge is 0.452 e. The van der Waals surface area contributed by atoms with E-state index in [1.54, 1.807) is 19.1 Å². The smallest absolute Gasteiger partial charge is 0.331 e. The van der Waals surface area contributed by atoms with Gasteiger partial charge < -0.3 is 10.1 Å². The van der Waals surface area contributed by atoms with Crippen molar-refractivity contribution in [2.75, 3.05) is 6.61 Å². The minimum absolute atomic E-state index is 0.0190. The monoisotopic (exact) mass is 393 g/mol. The Morgan fingerprint density at radius 1 is 1.37 bits per heavy atom. The van der Waals surface area contributed by atoms with Crippen molar-refractivity contribution in [3.63, 3.8) is 0 Å². The topological polar surface area (TPSA) is 73.2 Å². The van der Waals surface area contributed by atoms with E-state index < -0.39 is 5.97 Å². The molecule has 1 N–H and O–H groups in total. The Kier molecular flexibility index (Phi) is 7.12. The van der Waals surface area contributed by atoms with Crippen LogP contribution >= 0.6 is 11.6 Å². The van der Waals surface area contributed by atoms with Crippen LogP contribution in [0, 0.1) is 12.7 Å². The van der Waals surface area contributed by atoms with E-state index in [4.69, 9.17) is 16.3 Å². The number of carbonyl (C=O) groups excluding carboxylic acids is 2. The highest BCUT2D eigenvalue weighted by molar-refractivity contribution is 6.31. The average Bonchev–Trinajstić information content (AvgIpc) is 2.92. The van der Waals surface area contributed by atoms with Gasteiger partial charge in [0.05, 0.1) is 11.4 Å². The summed E-state index contributed by atoms with van der Waals surface area (Å²) in [6, 6.07) is 5.72. The maximum atomic E-state index is 13.1. The van der Waals surface area contributed by atoms with Crippen LogP contribution < -0.4 is 5.32 Å². The molecule has 0 aliphatic carbocycles. The molecule has 144 valence electrons. The van der Waals surface area contributed by atoms with Crippen LogP contribution in [0.1, 0.15) is 31.5 Å². The molecule has 0 radical (unpaired) electrons. The molecule has 0 aliphatic heterocycles. The molecule has 1 heterocycles. The lowest BCUT2D eigenvalue weighted by molar-refractivity contribution is -0.144. The van der Waals surface area contributed by atoms with Crippen molar-refractivity contribution in [1.29, 1.82) is 0 Å². The van der Waals surface area contributed by atoms with Crippen LogP contribution in [0.25, 0.3) is 11.8 Å². The summed E-state index contributed by atoms with van der Waals surface area (Å²) in [5.41, 5.74) is 1.71. The van der Waals surface area contributed by atoms with Crippen molar-refractivity contribution in [2.45, 2.75) is 33.2 Å². The van der Waals surface area contributed by atoms with Gasteiger partial charge in [-0.3, -0.25) is 4.79 Å². The van der Waals surface area contributed by atoms with Gasteiger partial charge in [0.25, 0.3) is 5.91 Å². The lowest BCUT2D eigenvalue weighted by Crippen LogP contribution is -2.35. The van der Waals surface area contributed by atoms with E-state index in [0.29, 0.717) is 16.9 Å². The highest BCUT2D eigenvalue weighted by Crippen LogP contribution is 2.24. The van der Waals surface area contributed by atoms with Gasteiger partial charge in [0, 0.05) is 17.7 Å². The molecule has 0 unspecified atom stereocenters. The van der Waals surface area contributed by atoms with Crippen molar-refractivity contribution >= 4 is 29.6 Å². The van der Waals surface area contributed by atoms with E-state index in [-0.39, 0.29) is 29.5 Å². The highest BCUT2D eigenvalue weighted by Gasteiger charge is 2.13. The lowest BCUT2D eigenvalue weighted by atomic mass is 10.2. The van der Waals surface area contributed by atoms with E-state index >= 15 is 0 Å². The van der Waals surface area contributed by atoms with Crippen LogP contribution in [-0.2, 0) is 14.3 Å². The zero-order chi connectivity index (χ0) is 20.0. The van der Waals surface area contributed by atoms with Gasteiger partial charge in [-0.2, -0.15) is 5.10 Å².